The van der Waals surface area contributed by atoms with Crippen LogP contribution in [0.5, 0.6) is 0 Å². The minimum absolute atomic E-state index is 1.04. The molecule has 3 aliphatic rings. The molecule has 0 amide bonds. The predicted octanol–water partition coefficient (Wildman–Crippen LogP) is 9.22. The molecule has 0 aliphatic carbocycles. The maximum absolute atomic E-state index is 4.97. The largest absolute Gasteiger partial charge is 0.316 e. The van der Waals surface area contributed by atoms with E-state index in [0.717, 1.165) is 33.5 Å². The number of hydrogen-bond donors (Lipinski definition) is 0. The zero-order chi connectivity index (χ0) is 24.3. The number of rotatable bonds is 2. The topological polar surface area (TPSA) is 21.1 Å². The lowest BCUT2D eigenvalue weighted by atomic mass is 10.0. The van der Waals surface area contributed by atoms with Crippen molar-refractivity contribution in [3.8, 4) is 16.9 Å². The lowest BCUT2D eigenvalue weighted by Gasteiger charge is -2.32. The molecule has 37 heavy (non-hydrogen) atoms. The summed E-state index contributed by atoms with van der Waals surface area (Å²) in [6.07, 6.45) is 2.24. The molecule has 0 atom stereocenters. The summed E-state index contributed by atoms with van der Waals surface area (Å²) in [5.41, 5.74) is 9.13. The Balaban J connectivity index is 1.31. The van der Waals surface area contributed by atoms with E-state index in [1.165, 1.54) is 32.1 Å². The number of pyridine rings is 1. The Morgan fingerprint density at radius 1 is 0.541 bits per heavy atom. The summed E-state index contributed by atoms with van der Waals surface area (Å²) in [5, 5.41) is 2.35. The van der Waals surface area contributed by atoms with Gasteiger partial charge in [-0.1, -0.05) is 72.4 Å². The molecule has 0 spiro atoms. The Morgan fingerprint density at radius 2 is 1.14 bits per heavy atom. The van der Waals surface area contributed by atoms with Crippen LogP contribution in [0.3, 0.4) is 0 Å². The van der Waals surface area contributed by atoms with Gasteiger partial charge in [0.25, 0.3) is 0 Å². The van der Waals surface area contributed by atoms with E-state index in [4.69, 9.17) is 4.98 Å². The standard InChI is InChI=1S/C33H21N3S/c1-3-11-27-24(9-1)26-21-35(28-12-4-2-10-25(28)33(26)34-27)22-17-19-23(20-18-22)36-29-13-5-7-15-31(29)37-32-16-8-6-14-30(32)36/h1-21H. The third-order valence-electron chi connectivity index (χ3n) is 7.18. The molecule has 0 N–H and O–H groups in total. The quantitative estimate of drug-likeness (QED) is 0.240. The summed E-state index contributed by atoms with van der Waals surface area (Å²) in [6, 6.07) is 43.1. The first-order chi connectivity index (χ1) is 18.3. The predicted molar refractivity (Wildman–Crippen MR) is 154 cm³/mol. The molecule has 0 saturated carbocycles. The molecule has 5 aromatic carbocycles. The Morgan fingerprint density at radius 3 is 1.89 bits per heavy atom. The Bertz CT molecular complexity index is 1870. The first kappa shape index (κ1) is 20.6. The van der Waals surface area contributed by atoms with E-state index in [1.54, 1.807) is 0 Å². The molecule has 3 heterocycles. The summed E-state index contributed by atoms with van der Waals surface area (Å²) in [4.78, 5) is 9.88. The molecule has 0 bridgehead atoms. The van der Waals surface area contributed by atoms with Crippen molar-refractivity contribution in [1.29, 1.82) is 0 Å². The van der Waals surface area contributed by atoms with Gasteiger partial charge in [0, 0.05) is 43.7 Å². The van der Waals surface area contributed by atoms with Crippen LogP contribution in [0.4, 0.5) is 17.1 Å². The minimum Gasteiger partial charge on any atom is -0.316 e. The van der Waals surface area contributed by atoms with Gasteiger partial charge >= 0.3 is 0 Å². The van der Waals surface area contributed by atoms with E-state index in [9.17, 15) is 0 Å². The fourth-order valence-electron chi connectivity index (χ4n) is 5.48. The van der Waals surface area contributed by atoms with Gasteiger partial charge in [-0.2, -0.15) is 0 Å². The highest BCUT2D eigenvalue weighted by molar-refractivity contribution is 7.99. The summed E-state index contributed by atoms with van der Waals surface area (Å²) in [6.45, 7) is 0. The molecule has 0 fully saturated rings. The van der Waals surface area contributed by atoms with Crippen molar-refractivity contribution in [3.05, 3.63) is 128 Å². The van der Waals surface area contributed by atoms with E-state index < -0.39 is 0 Å². The summed E-state index contributed by atoms with van der Waals surface area (Å²) >= 11 is 1.83. The second kappa shape index (κ2) is 7.99. The average Bonchev–Trinajstić information content (AvgIpc) is 3.34. The van der Waals surface area contributed by atoms with Crippen molar-refractivity contribution in [2.75, 3.05) is 4.90 Å². The molecule has 4 heteroatoms. The molecule has 174 valence electrons. The van der Waals surface area contributed by atoms with Crippen molar-refractivity contribution < 1.29 is 0 Å². The molecule has 3 aliphatic heterocycles. The van der Waals surface area contributed by atoms with Gasteiger partial charge in [-0.15, -0.1) is 0 Å². The normalized spacial score (nSPS) is 12.7. The lowest BCUT2D eigenvalue weighted by Crippen LogP contribution is -2.14. The Labute approximate surface area is 219 Å². The second-order valence-electron chi connectivity index (χ2n) is 9.30. The fraction of sp³-hybridized carbons (Fsp3) is 0. The number of aromatic nitrogens is 2. The van der Waals surface area contributed by atoms with Crippen molar-refractivity contribution in [2.45, 2.75) is 9.79 Å². The van der Waals surface area contributed by atoms with Crippen LogP contribution in [0.1, 0.15) is 0 Å². The molecule has 0 radical (unpaired) electrons. The number of hydrogen-bond acceptors (Lipinski definition) is 3. The van der Waals surface area contributed by atoms with Crippen LogP contribution in [0.25, 0.3) is 38.8 Å². The van der Waals surface area contributed by atoms with Crippen LogP contribution in [-0.4, -0.2) is 9.55 Å². The van der Waals surface area contributed by atoms with Crippen molar-refractivity contribution >= 4 is 50.6 Å². The number of nitrogens with zero attached hydrogens (tertiary/aromatic N) is 3. The van der Waals surface area contributed by atoms with Gasteiger partial charge in [0.2, 0.25) is 0 Å². The second-order valence-corrected chi connectivity index (χ2v) is 10.4. The van der Waals surface area contributed by atoms with E-state index in [2.05, 4.69) is 137 Å². The summed E-state index contributed by atoms with van der Waals surface area (Å²) < 4.78 is 2.30. The maximum atomic E-state index is 4.97. The third kappa shape index (κ3) is 3.13. The lowest BCUT2D eigenvalue weighted by molar-refractivity contribution is 1.10. The highest BCUT2D eigenvalue weighted by Gasteiger charge is 2.24. The zero-order valence-corrected chi connectivity index (χ0v) is 20.7. The van der Waals surface area contributed by atoms with Crippen molar-refractivity contribution in [1.82, 2.24) is 9.55 Å². The maximum Gasteiger partial charge on any atom is 0.0824 e. The van der Waals surface area contributed by atoms with Crippen LogP contribution < -0.4 is 4.90 Å². The highest BCUT2D eigenvalue weighted by Crippen LogP contribution is 2.51. The molecule has 0 unspecified atom stereocenters. The van der Waals surface area contributed by atoms with Crippen LogP contribution in [-0.2, 0) is 0 Å². The molecule has 5 aromatic rings. The molecule has 0 aromatic heterocycles. The first-order valence-corrected chi connectivity index (χ1v) is 13.2. The van der Waals surface area contributed by atoms with Gasteiger partial charge in [-0.25, -0.2) is 4.98 Å². The van der Waals surface area contributed by atoms with Crippen molar-refractivity contribution in [3.63, 3.8) is 0 Å². The first-order valence-electron chi connectivity index (χ1n) is 12.4. The van der Waals surface area contributed by atoms with Gasteiger partial charge in [-0.05, 0) is 60.7 Å². The number of fused-ring (bicyclic) bond motifs is 7. The fourth-order valence-corrected chi connectivity index (χ4v) is 6.54. The van der Waals surface area contributed by atoms with Gasteiger partial charge in [0.15, 0.2) is 0 Å². The summed E-state index contributed by atoms with van der Waals surface area (Å²) in [5.74, 6) is 0. The Hall–Kier alpha value is -4.54. The molecule has 8 rings (SSSR count). The minimum atomic E-state index is 1.04. The van der Waals surface area contributed by atoms with Gasteiger partial charge < -0.3 is 9.47 Å². The number of para-hydroxylation sites is 4. The highest BCUT2D eigenvalue weighted by atomic mass is 32.2. The van der Waals surface area contributed by atoms with E-state index in [-0.39, 0.29) is 0 Å². The molecular weight excluding hydrogens is 470 g/mol. The number of anilines is 3. The van der Waals surface area contributed by atoms with E-state index in [1.807, 2.05) is 11.8 Å². The van der Waals surface area contributed by atoms with E-state index in [0.29, 0.717) is 0 Å². The molecule has 3 nitrogen and oxygen atoms in total. The van der Waals surface area contributed by atoms with Crippen molar-refractivity contribution in [2.24, 2.45) is 0 Å². The smallest absolute Gasteiger partial charge is 0.0824 e. The SMILES string of the molecule is c1ccc2c(c1)Sc1ccccc1N2c1ccc(-n2cc3c4ccccc4nc-3c3ccccc32)cc1. The number of benzene rings is 5. The Kier molecular flexibility index (Phi) is 4.45. The summed E-state index contributed by atoms with van der Waals surface area (Å²) in [7, 11) is 0. The van der Waals surface area contributed by atoms with Crippen LogP contribution in [0, 0.1) is 0 Å². The monoisotopic (exact) mass is 491 g/mol. The van der Waals surface area contributed by atoms with Crippen LogP contribution in [0.2, 0.25) is 0 Å². The van der Waals surface area contributed by atoms with Gasteiger partial charge in [-0.3, -0.25) is 0 Å². The zero-order valence-electron chi connectivity index (χ0n) is 19.9. The van der Waals surface area contributed by atoms with Crippen LogP contribution >= 0.6 is 11.8 Å². The third-order valence-corrected chi connectivity index (χ3v) is 8.31. The van der Waals surface area contributed by atoms with Gasteiger partial charge in [0.05, 0.1) is 28.1 Å². The van der Waals surface area contributed by atoms with Crippen LogP contribution in [0.15, 0.2) is 137 Å². The van der Waals surface area contributed by atoms with E-state index >= 15 is 0 Å². The molecule has 0 saturated heterocycles. The molecular formula is C33H21N3S. The van der Waals surface area contributed by atoms with Gasteiger partial charge in [0.1, 0.15) is 0 Å². The average molecular weight is 492 g/mol.